The number of sulfonamides is 1. The Kier molecular flexibility index (Phi) is 9.59. The highest BCUT2D eigenvalue weighted by Crippen LogP contribution is 2.33. The van der Waals surface area contributed by atoms with E-state index in [-0.39, 0.29) is 28.1 Å². The van der Waals surface area contributed by atoms with Gasteiger partial charge in [0.05, 0.1) is 15.6 Å². The van der Waals surface area contributed by atoms with E-state index >= 15 is 0 Å². The lowest BCUT2D eigenvalue weighted by atomic mass is 10.1. The summed E-state index contributed by atoms with van der Waals surface area (Å²) in [6, 6.07) is 18.9. The van der Waals surface area contributed by atoms with E-state index in [1.807, 2.05) is 31.2 Å². The number of nitrogens with one attached hydrogen (secondary N) is 1. The maximum atomic E-state index is 13.8. The van der Waals surface area contributed by atoms with Gasteiger partial charge in [-0.2, -0.15) is 0 Å². The molecule has 37 heavy (non-hydrogen) atoms. The summed E-state index contributed by atoms with van der Waals surface area (Å²) in [4.78, 5) is 28.0. The average molecular weight is 563 g/mol. The lowest BCUT2D eigenvalue weighted by Crippen LogP contribution is -2.51. The first kappa shape index (κ1) is 28.5. The summed E-state index contributed by atoms with van der Waals surface area (Å²) in [7, 11) is -2.70. The largest absolute Gasteiger partial charge is 0.357 e. The standard InChI is InChI=1S/C27H29Cl2N3O4S/c1-4-24(27(34)30-3)31(17-20-12-10-19(2)11-13-20)26(33)18-32(25-15-14-21(28)16-23(25)29)37(35,36)22-8-6-5-7-9-22/h5-16,24H,4,17-18H2,1-3H3,(H,30,34)/t24-/m1/s1. The van der Waals surface area contributed by atoms with Crippen LogP contribution >= 0.6 is 23.2 Å². The maximum Gasteiger partial charge on any atom is 0.264 e. The number of amides is 2. The van der Waals surface area contributed by atoms with Gasteiger partial charge in [-0.3, -0.25) is 13.9 Å². The fourth-order valence-corrected chi connectivity index (χ4v) is 5.91. The van der Waals surface area contributed by atoms with Crippen LogP contribution in [-0.2, 0) is 26.2 Å². The Morgan fingerprint density at radius 3 is 2.19 bits per heavy atom. The molecule has 0 aliphatic heterocycles. The van der Waals surface area contributed by atoms with Crippen LogP contribution in [0.5, 0.6) is 0 Å². The highest BCUT2D eigenvalue weighted by Gasteiger charge is 2.34. The third kappa shape index (κ3) is 6.83. The first-order chi connectivity index (χ1) is 17.6. The van der Waals surface area contributed by atoms with E-state index in [1.54, 1.807) is 25.1 Å². The van der Waals surface area contributed by atoms with Crippen LogP contribution in [0.15, 0.2) is 77.7 Å². The van der Waals surface area contributed by atoms with Gasteiger partial charge in [0, 0.05) is 18.6 Å². The van der Waals surface area contributed by atoms with Gasteiger partial charge >= 0.3 is 0 Å². The number of nitrogens with zero attached hydrogens (tertiary/aromatic N) is 2. The molecule has 10 heteroatoms. The number of carbonyl (C=O) groups is 2. The number of halogens is 2. The molecule has 1 N–H and O–H groups in total. The van der Waals surface area contributed by atoms with Crippen molar-refractivity contribution in [1.29, 1.82) is 0 Å². The Morgan fingerprint density at radius 1 is 0.973 bits per heavy atom. The minimum absolute atomic E-state index is 0.00255. The molecule has 0 aliphatic rings. The number of hydrogen-bond donors (Lipinski definition) is 1. The number of aryl methyl sites for hydroxylation is 1. The van der Waals surface area contributed by atoms with Crippen molar-refractivity contribution in [3.63, 3.8) is 0 Å². The molecule has 0 saturated heterocycles. The topological polar surface area (TPSA) is 86.8 Å². The van der Waals surface area contributed by atoms with Crippen LogP contribution in [-0.4, -0.2) is 44.8 Å². The first-order valence-electron chi connectivity index (χ1n) is 11.7. The van der Waals surface area contributed by atoms with E-state index in [0.29, 0.717) is 11.4 Å². The summed E-state index contributed by atoms with van der Waals surface area (Å²) >= 11 is 12.5. The molecule has 196 valence electrons. The summed E-state index contributed by atoms with van der Waals surface area (Å²) < 4.78 is 28.4. The summed E-state index contributed by atoms with van der Waals surface area (Å²) in [5, 5.41) is 3.00. The number of hydrogen-bond acceptors (Lipinski definition) is 4. The molecule has 0 fully saturated rings. The van der Waals surface area contributed by atoms with Gasteiger partial charge in [0.15, 0.2) is 0 Å². The number of benzene rings is 3. The van der Waals surface area contributed by atoms with E-state index in [4.69, 9.17) is 23.2 Å². The Balaban J connectivity index is 2.08. The molecule has 7 nitrogen and oxygen atoms in total. The summed E-state index contributed by atoms with van der Waals surface area (Å²) in [6.07, 6.45) is 0.338. The fraction of sp³-hybridized carbons (Fsp3) is 0.259. The SMILES string of the molecule is CC[C@H](C(=O)NC)N(Cc1ccc(C)cc1)C(=O)CN(c1ccc(Cl)cc1Cl)S(=O)(=O)c1ccccc1. The highest BCUT2D eigenvalue weighted by atomic mass is 35.5. The second-order valence-electron chi connectivity index (χ2n) is 8.47. The Hall–Kier alpha value is -3.07. The van der Waals surface area contributed by atoms with Crippen LogP contribution in [0.2, 0.25) is 10.0 Å². The van der Waals surface area contributed by atoms with E-state index in [2.05, 4.69) is 5.32 Å². The molecule has 0 radical (unpaired) electrons. The second kappa shape index (κ2) is 12.4. The molecule has 0 saturated carbocycles. The third-order valence-electron chi connectivity index (χ3n) is 5.89. The summed E-state index contributed by atoms with van der Waals surface area (Å²) in [5.74, 6) is -0.897. The molecule has 3 aromatic carbocycles. The van der Waals surface area contributed by atoms with Gasteiger partial charge in [-0.05, 0) is 49.2 Å². The average Bonchev–Trinajstić information content (AvgIpc) is 2.88. The number of anilines is 1. The van der Waals surface area contributed by atoms with Crippen LogP contribution in [0.4, 0.5) is 5.69 Å². The van der Waals surface area contributed by atoms with E-state index in [0.717, 1.165) is 15.4 Å². The zero-order valence-electron chi connectivity index (χ0n) is 20.8. The van der Waals surface area contributed by atoms with Crippen LogP contribution < -0.4 is 9.62 Å². The zero-order valence-corrected chi connectivity index (χ0v) is 23.1. The molecule has 0 aromatic heterocycles. The predicted octanol–water partition coefficient (Wildman–Crippen LogP) is 5.05. The van der Waals surface area contributed by atoms with Crippen molar-refractivity contribution in [1.82, 2.24) is 10.2 Å². The Labute approximate surface area is 228 Å². The molecule has 0 spiro atoms. The lowest BCUT2D eigenvalue weighted by molar-refractivity contribution is -0.140. The van der Waals surface area contributed by atoms with Crippen molar-refractivity contribution < 1.29 is 18.0 Å². The van der Waals surface area contributed by atoms with Crippen LogP contribution in [0, 0.1) is 6.92 Å². The van der Waals surface area contributed by atoms with Gasteiger partial charge in [0.2, 0.25) is 11.8 Å². The minimum Gasteiger partial charge on any atom is -0.357 e. The predicted molar refractivity (Wildman–Crippen MR) is 147 cm³/mol. The molecule has 2 amide bonds. The normalized spacial score (nSPS) is 12.0. The minimum atomic E-state index is -4.20. The van der Waals surface area contributed by atoms with Crippen molar-refractivity contribution >= 4 is 50.7 Å². The fourth-order valence-electron chi connectivity index (χ4n) is 3.89. The van der Waals surface area contributed by atoms with Crippen LogP contribution in [0.25, 0.3) is 0 Å². The van der Waals surface area contributed by atoms with Crippen LogP contribution in [0.1, 0.15) is 24.5 Å². The maximum absolute atomic E-state index is 13.8. The smallest absolute Gasteiger partial charge is 0.264 e. The van der Waals surface area contributed by atoms with E-state index in [1.165, 1.54) is 42.3 Å². The molecule has 3 aromatic rings. The Morgan fingerprint density at radius 2 is 1.62 bits per heavy atom. The van der Waals surface area contributed by atoms with Gasteiger partial charge in [0.25, 0.3) is 10.0 Å². The van der Waals surface area contributed by atoms with Gasteiger partial charge in [-0.25, -0.2) is 8.42 Å². The second-order valence-corrected chi connectivity index (χ2v) is 11.2. The molecule has 3 rings (SSSR count). The molecule has 0 bridgehead atoms. The molecule has 0 heterocycles. The summed E-state index contributed by atoms with van der Waals surface area (Å²) in [6.45, 7) is 3.30. The van der Waals surface area contributed by atoms with Crippen molar-refractivity contribution in [2.75, 3.05) is 17.9 Å². The number of carbonyl (C=O) groups excluding carboxylic acids is 2. The van der Waals surface area contributed by atoms with Gasteiger partial charge in [-0.15, -0.1) is 0 Å². The first-order valence-corrected chi connectivity index (χ1v) is 13.9. The van der Waals surface area contributed by atoms with Crippen molar-refractivity contribution in [2.45, 2.75) is 37.8 Å². The zero-order chi connectivity index (χ0) is 27.2. The monoisotopic (exact) mass is 561 g/mol. The van der Waals surface area contributed by atoms with Gasteiger partial charge < -0.3 is 10.2 Å². The molecule has 1 atom stereocenters. The quantitative estimate of drug-likeness (QED) is 0.375. The third-order valence-corrected chi connectivity index (χ3v) is 8.21. The molecular weight excluding hydrogens is 533 g/mol. The number of likely N-dealkylation sites (N-methyl/N-ethyl adjacent to an activating group) is 1. The van der Waals surface area contributed by atoms with Crippen molar-refractivity contribution in [3.8, 4) is 0 Å². The highest BCUT2D eigenvalue weighted by molar-refractivity contribution is 7.92. The van der Waals surface area contributed by atoms with Crippen molar-refractivity contribution in [3.05, 3.63) is 94.0 Å². The molecular formula is C27H29Cl2N3O4S. The molecule has 0 unspecified atom stereocenters. The van der Waals surface area contributed by atoms with Gasteiger partial charge in [-0.1, -0.05) is 78.2 Å². The van der Waals surface area contributed by atoms with Gasteiger partial charge in [0.1, 0.15) is 12.6 Å². The van der Waals surface area contributed by atoms with E-state index < -0.39 is 28.5 Å². The number of rotatable bonds is 10. The lowest BCUT2D eigenvalue weighted by Gasteiger charge is -2.33. The Bertz CT molecular complexity index is 1350. The summed E-state index contributed by atoms with van der Waals surface area (Å²) in [5.41, 5.74) is 1.97. The van der Waals surface area contributed by atoms with Crippen molar-refractivity contribution in [2.24, 2.45) is 0 Å². The van der Waals surface area contributed by atoms with E-state index in [9.17, 15) is 18.0 Å². The van der Waals surface area contributed by atoms with Crippen LogP contribution in [0.3, 0.4) is 0 Å². The molecule has 0 aliphatic carbocycles.